The van der Waals surface area contributed by atoms with Crippen LogP contribution in [0, 0.1) is 0 Å². The number of ether oxygens (including phenoxy) is 1. The van der Waals surface area contributed by atoms with Gasteiger partial charge in [-0.3, -0.25) is 0 Å². The molecule has 0 atom stereocenters. The summed E-state index contributed by atoms with van der Waals surface area (Å²) in [6.45, 7) is 2.18. The van der Waals surface area contributed by atoms with Gasteiger partial charge in [0.25, 0.3) is 0 Å². The van der Waals surface area contributed by atoms with Crippen LogP contribution < -0.4 is 0 Å². The van der Waals surface area contributed by atoms with Gasteiger partial charge in [-0.25, -0.2) is 4.79 Å². The highest BCUT2D eigenvalue weighted by Crippen LogP contribution is 2.29. The maximum atomic E-state index is 11.7. The van der Waals surface area contributed by atoms with Crippen molar-refractivity contribution in [3.8, 4) is 11.5 Å². The van der Waals surface area contributed by atoms with E-state index in [1.54, 1.807) is 0 Å². The van der Waals surface area contributed by atoms with E-state index in [1.807, 2.05) is 0 Å². The number of phenols is 2. The number of rotatable bonds is 8. The van der Waals surface area contributed by atoms with Crippen LogP contribution in [0.3, 0.4) is 0 Å². The third kappa shape index (κ3) is 4.76. The van der Waals surface area contributed by atoms with Crippen LogP contribution in [-0.4, -0.2) is 23.3 Å². The lowest BCUT2D eigenvalue weighted by atomic mass is 9.99. The van der Waals surface area contributed by atoms with Gasteiger partial charge in [0.15, 0.2) is 0 Å². The maximum Gasteiger partial charge on any atom is 0.341 e. The molecule has 0 spiro atoms. The molecule has 0 radical (unpaired) electrons. The largest absolute Gasteiger partial charge is 0.508 e. The summed E-state index contributed by atoms with van der Waals surface area (Å²) in [5, 5.41) is 19.3. The molecule has 0 bridgehead atoms. The molecule has 0 heterocycles. The van der Waals surface area contributed by atoms with Gasteiger partial charge < -0.3 is 14.9 Å². The standard InChI is InChI=1S/C16H24O4/c1-3-4-5-6-7-8-9-12-10-13(17)11-14(18)15(12)16(19)20-2/h10-11,17-18H,3-9H2,1-2H3. The number of hydrogen-bond acceptors (Lipinski definition) is 4. The molecule has 20 heavy (non-hydrogen) atoms. The third-order valence-electron chi connectivity index (χ3n) is 3.37. The van der Waals surface area contributed by atoms with E-state index in [4.69, 9.17) is 0 Å². The molecule has 0 aliphatic carbocycles. The van der Waals surface area contributed by atoms with Gasteiger partial charge >= 0.3 is 5.97 Å². The van der Waals surface area contributed by atoms with Gasteiger partial charge in [-0.2, -0.15) is 0 Å². The number of aromatic hydroxyl groups is 2. The minimum Gasteiger partial charge on any atom is -0.508 e. The average Bonchev–Trinajstić information content (AvgIpc) is 2.41. The molecule has 0 amide bonds. The van der Waals surface area contributed by atoms with Crippen molar-refractivity contribution < 1.29 is 19.7 Å². The van der Waals surface area contributed by atoms with Crippen molar-refractivity contribution in [1.29, 1.82) is 0 Å². The van der Waals surface area contributed by atoms with E-state index in [9.17, 15) is 15.0 Å². The Hall–Kier alpha value is -1.71. The summed E-state index contributed by atoms with van der Waals surface area (Å²) < 4.78 is 4.68. The zero-order chi connectivity index (χ0) is 15.0. The van der Waals surface area contributed by atoms with Gasteiger partial charge in [-0.15, -0.1) is 0 Å². The molecule has 0 saturated carbocycles. The summed E-state index contributed by atoms with van der Waals surface area (Å²) in [5.41, 5.74) is 0.809. The Morgan fingerprint density at radius 2 is 1.75 bits per heavy atom. The first-order valence-electron chi connectivity index (χ1n) is 7.23. The number of carbonyl (C=O) groups is 1. The topological polar surface area (TPSA) is 66.8 Å². The highest BCUT2D eigenvalue weighted by atomic mass is 16.5. The molecule has 1 aromatic rings. The predicted molar refractivity (Wildman–Crippen MR) is 78.2 cm³/mol. The number of carbonyl (C=O) groups excluding carboxylic acids is 1. The van der Waals surface area contributed by atoms with E-state index in [0.29, 0.717) is 12.0 Å². The Morgan fingerprint density at radius 1 is 1.10 bits per heavy atom. The lowest BCUT2D eigenvalue weighted by molar-refractivity contribution is 0.0596. The van der Waals surface area contributed by atoms with Gasteiger partial charge in [0.2, 0.25) is 0 Å². The van der Waals surface area contributed by atoms with Crippen molar-refractivity contribution in [2.75, 3.05) is 7.11 Å². The zero-order valence-corrected chi connectivity index (χ0v) is 12.3. The Labute approximate surface area is 120 Å². The van der Waals surface area contributed by atoms with Crippen molar-refractivity contribution in [3.05, 3.63) is 23.3 Å². The third-order valence-corrected chi connectivity index (χ3v) is 3.37. The van der Waals surface area contributed by atoms with Crippen molar-refractivity contribution in [1.82, 2.24) is 0 Å². The van der Waals surface area contributed by atoms with E-state index >= 15 is 0 Å². The first kappa shape index (κ1) is 16.3. The summed E-state index contributed by atoms with van der Waals surface area (Å²) in [6, 6.07) is 2.69. The molecule has 2 N–H and O–H groups in total. The van der Waals surface area contributed by atoms with Crippen LogP contribution in [-0.2, 0) is 11.2 Å². The Balaban J connectivity index is 2.66. The van der Waals surface area contributed by atoms with Crippen molar-refractivity contribution in [2.45, 2.75) is 51.9 Å². The molecule has 1 rings (SSSR count). The van der Waals surface area contributed by atoms with E-state index < -0.39 is 5.97 Å². The normalized spacial score (nSPS) is 10.5. The Kier molecular flexibility index (Phi) is 6.91. The van der Waals surface area contributed by atoms with Crippen LogP contribution in [0.1, 0.15) is 61.4 Å². The second kappa shape index (κ2) is 8.46. The SMILES string of the molecule is CCCCCCCCc1cc(O)cc(O)c1C(=O)OC. The average molecular weight is 280 g/mol. The van der Waals surface area contributed by atoms with Crippen LogP contribution in [0.25, 0.3) is 0 Å². The van der Waals surface area contributed by atoms with Crippen LogP contribution in [0.4, 0.5) is 0 Å². The minimum atomic E-state index is -0.566. The Bertz CT molecular complexity index is 440. The van der Waals surface area contributed by atoms with Gasteiger partial charge in [-0.1, -0.05) is 39.0 Å². The summed E-state index contributed by atoms with van der Waals surface area (Å²) in [5.74, 6) is -0.822. The molecule has 0 unspecified atom stereocenters. The number of hydrogen-bond donors (Lipinski definition) is 2. The summed E-state index contributed by atoms with van der Waals surface area (Å²) in [6.07, 6.45) is 7.53. The zero-order valence-electron chi connectivity index (χ0n) is 12.3. The van der Waals surface area contributed by atoms with E-state index in [1.165, 1.54) is 38.9 Å². The van der Waals surface area contributed by atoms with Gasteiger partial charge in [0, 0.05) is 6.07 Å². The fourth-order valence-electron chi connectivity index (χ4n) is 2.30. The molecule has 112 valence electrons. The van der Waals surface area contributed by atoms with E-state index in [2.05, 4.69) is 11.7 Å². The first-order valence-corrected chi connectivity index (χ1v) is 7.23. The number of aryl methyl sites for hydroxylation is 1. The Morgan fingerprint density at radius 3 is 2.40 bits per heavy atom. The fourth-order valence-corrected chi connectivity index (χ4v) is 2.30. The van der Waals surface area contributed by atoms with Crippen LogP contribution >= 0.6 is 0 Å². The molecule has 0 aliphatic rings. The van der Waals surface area contributed by atoms with Gasteiger partial charge in [0.05, 0.1) is 7.11 Å². The van der Waals surface area contributed by atoms with Crippen molar-refractivity contribution in [2.24, 2.45) is 0 Å². The molecule has 0 fully saturated rings. The molecular formula is C16H24O4. The quantitative estimate of drug-likeness (QED) is 0.561. The highest BCUT2D eigenvalue weighted by molar-refractivity contribution is 5.94. The van der Waals surface area contributed by atoms with Crippen LogP contribution in [0.5, 0.6) is 11.5 Å². The van der Waals surface area contributed by atoms with Crippen LogP contribution in [0.2, 0.25) is 0 Å². The second-order valence-corrected chi connectivity index (χ2v) is 5.01. The number of methoxy groups -OCH3 is 1. The van der Waals surface area contributed by atoms with E-state index in [-0.39, 0.29) is 17.1 Å². The van der Waals surface area contributed by atoms with Crippen molar-refractivity contribution in [3.63, 3.8) is 0 Å². The molecule has 0 aliphatic heterocycles. The van der Waals surface area contributed by atoms with Gasteiger partial charge in [-0.05, 0) is 24.5 Å². The van der Waals surface area contributed by atoms with Gasteiger partial charge in [0.1, 0.15) is 17.1 Å². The highest BCUT2D eigenvalue weighted by Gasteiger charge is 2.18. The van der Waals surface area contributed by atoms with E-state index in [0.717, 1.165) is 18.9 Å². The molecule has 0 aromatic heterocycles. The molecule has 4 nitrogen and oxygen atoms in total. The summed E-state index contributed by atoms with van der Waals surface area (Å²) in [7, 11) is 1.28. The second-order valence-electron chi connectivity index (χ2n) is 5.01. The molecule has 0 saturated heterocycles. The summed E-state index contributed by atoms with van der Waals surface area (Å²) in [4.78, 5) is 11.7. The fraction of sp³-hybridized carbons (Fsp3) is 0.562. The molecular weight excluding hydrogens is 256 g/mol. The monoisotopic (exact) mass is 280 g/mol. The number of unbranched alkanes of at least 4 members (excludes halogenated alkanes) is 5. The van der Waals surface area contributed by atoms with Crippen molar-refractivity contribution >= 4 is 5.97 Å². The summed E-state index contributed by atoms with van der Waals surface area (Å²) >= 11 is 0. The van der Waals surface area contributed by atoms with Crippen LogP contribution in [0.15, 0.2) is 12.1 Å². The lowest BCUT2D eigenvalue weighted by Gasteiger charge is -2.10. The number of benzene rings is 1. The lowest BCUT2D eigenvalue weighted by Crippen LogP contribution is -2.06. The number of phenolic OH excluding ortho intramolecular Hbond substituents is 2. The molecule has 1 aromatic carbocycles. The number of esters is 1. The minimum absolute atomic E-state index is 0.0314. The molecule has 4 heteroatoms. The maximum absolute atomic E-state index is 11.7. The first-order chi connectivity index (χ1) is 9.60. The smallest absolute Gasteiger partial charge is 0.341 e. The predicted octanol–water partition coefficient (Wildman–Crippen LogP) is 3.79.